The Hall–Kier alpha value is -2.15. The lowest BCUT2D eigenvalue weighted by Gasteiger charge is -2.22. The van der Waals surface area contributed by atoms with E-state index >= 15 is 0 Å². The molecule has 0 aliphatic heterocycles. The molecule has 1 fully saturated rings. The Labute approximate surface area is 138 Å². The van der Waals surface area contributed by atoms with Gasteiger partial charge in [0.2, 0.25) is 0 Å². The van der Waals surface area contributed by atoms with Gasteiger partial charge >= 0.3 is 12.0 Å². The number of ether oxygens (including phenoxy) is 1. The van der Waals surface area contributed by atoms with E-state index < -0.39 is 24.5 Å². The van der Waals surface area contributed by atoms with E-state index in [0.29, 0.717) is 0 Å². The van der Waals surface area contributed by atoms with E-state index in [1.165, 1.54) is 23.8 Å². The Morgan fingerprint density at radius 1 is 1.26 bits per heavy atom. The van der Waals surface area contributed by atoms with Crippen LogP contribution in [0, 0.1) is 0 Å². The van der Waals surface area contributed by atoms with Crippen molar-refractivity contribution in [2.75, 3.05) is 6.61 Å². The molecule has 3 amide bonds. The molecule has 1 aromatic rings. The van der Waals surface area contributed by atoms with Gasteiger partial charge < -0.3 is 10.1 Å². The summed E-state index contributed by atoms with van der Waals surface area (Å²) in [4.78, 5) is 35.6. The van der Waals surface area contributed by atoms with Crippen LogP contribution in [-0.2, 0) is 14.3 Å². The summed E-state index contributed by atoms with van der Waals surface area (Å²) >= 11 is 1.49. The molecular weight excluding hydrogens is 316 g/mol. The number of hydrogen-bond acceptors (Lipinski definition) is 5. The number of amides is 3. The van der Waals surface area contributed by atoms with E-state index in [2.05, 4.69) is 10.6 Å². The monoisotopic (exact) mass is 336 g/mol. The van der Waals surface area contributed by atoms with Crippen LogP contribution in [0.15, 0.2) is 23.6 Å². The van der Waals surface area contributed by atoms with E-state index in [0.717, 1.165) is 30.6 Å². The molecule has 1 heterocycles. The van der Waals surface area contributed by atoms with Gasteiger partial charge in [0.05, 0.1) is 0 Å². The summed E-state index contributed by atoms with van der Waals surface area (Å²) in [5.41, 5.74) is 0. The number of imide groups is 1. The maximum absolute atomic E-state index is 11.7. The number of urea groups is 1. The molecule has 2 N–H and O–H groups in total. The van der Waals surface area contributed by atoms with Gasteiger partial charge in [-0.3, -0.25) is 10.1 Å². The van der Waals surface area contributed by atoms with E-state index in [1.807, 2.05) is 17.5 Å². The van der Waals surface area contributed by atoms with Crippen LogP contribution >= 0.6 is 11.3 Å². The second kappa shape index (κ2) is 9.09. The number of rotatable bonds is 5. The first-order valence-corrected chi connectivity index (χ1v) is 8.50. The number of carbonyl (C=O) groups excluding carboxylic acids is 3. The molecule has 0 unspecified atom stereocenters. The number of thiophene rings is 1. The minimum atomic E-state index is -0.642. The Morgan fingerprint density at radius 2 is 2.04 bits per heavy atom. The predicted molar refractivity (Wildman–Crippen MR) is 87.9 cm³/mol. The molecule has 7 heteroatoms. The highest BCUT2D eigenvalue weighted by molar-refractivity contribution is 7.10. The second-order valence-electron chi connectivity index (χ2n) is 5.31. The zero-order valence-corrected chi connectivity index (χ0v) is 13.6. The van der Waals surface area contributed by atoms with Gasteiger partial charge in [0, 0.05) is 17.0 Å². The van der Waals surface area contributed by atoms with Gasteiger partial charge in [0.1, 0.15) is 0 Å². The lowest BCUT2D eigenvalue weighted by Crippen LogP contribution is -2.46. The zero-order chi connectivity index (χ0) is 16.5. The van der Waals surface area contributed by atoms with Gasteiger partial charge in [-0.1, -0.05) is 25.3 Å². The molecule has 0 radical (unpaired) electrons. The average molecular weight is 336 g/mol. The standard InChI is InChI=1S/C16H20N2O4S/c19-14(18-16(21)17-12-5-2-1-3-6-12)11-22-15(20)9-8-13-7-4-10-23-13/h4,7-10,12H,1-3,5-6,11H2,(H2,17,18,19,21)/b9-8+. The zero-order valence-electron chi connectivity index (χ0n) is 12.7. The van der Waals surface area contributed by atoms with Crippen molar-refractivity contribution < 1.29 is 19.1 Å². The molecule has 0 atom stereocenters. The van der Waals surface area contributed by atoms with Crippen molar-refractivity contribution in [3.8, 4) is 0 Å². The lowest BCUT2D eigenvalue weighted by atomic mass is 9.96. The summed E-state index contributed by atoms with van der Waals surface area (Å²) in [5, 5.41) is 6.81. The van der Waals surface area contributed by atoms with Crippen molar-refractivity contribution >= 4 is 35.3 Å². The van der Waals surface area contributed by atoms with Crippen molar-refractivity contribution in [3.63, 3.8) is 0 Å². The topological polar surface area (TPSA) is 84.5 Å². The van der Waals surface area contributed by atoms with Crippen molar-refractivity contribution in [1.82, 2.24) is 10.6 Å². The van der Waals surface area contributed by atoms with Gasteiger partial charge in [-0.25, -0.2) is 9.59 Å². The van der Waals surface area contributed by atoms with Gasteiger partial charge in [-0.15, -0.1) is 11.3 Å². The molecular formula is C16H20N2O4S. The van der Waals surface area contributed by atoms with Gasteiger partial charge in [-0.05, 0) is 30.4 Å². The molecule has 1 saturated carbocycles. The molecule has 1 aliphatic rings. The van der Waals surface area contributed by atoms with Crippen LogP contribution in [-0.4, -0.2) is 30.6 Å². The van der Waals surface area contributed by atoms with Crippen molar-refractivity contribution in [3.05, 3.63) is 28.5 Å². The van der Waals surface area contributed by atoms with Crippen LogP contribution in [0.2, 0.25) is 0 Å². The summed E-state index contributed by atoms with van der Waals surface area (Å²) in [6.45, 7) is -0.480. The molecule has 1 aliphatic carbocycles. The number of esters is 1. The van der Waals surface area contributed by atoms with Crippen LogP contribution in [0.25, 0.3) is 6.08 Å². The molecule has 2 rings (SSSR count). The maximum atomic E-state index is 11.7. The summed E-state index contributed by atoms with van der Waals surface area (Å²) < 4.78 is 4.78. The van der Waals surface area contributed by atoms with Crippen LogP contribution in [0.1, 0.15) is 37.0 Å². The SMILES string of the molecule is O=C(COC(=O)/C=C/c1cccs1)NC(=O)NC1CCCCC1. The lowest BCUT2D eigenvalue weighted by molar-refractivity contribution is -0.143. The average Bonchev–Trinajstić information content (AvgIpc) is 3.05. The third-order valence-electron chi connectivity index (χ3n) is 3.47. The molecule has 0 saturated heterocycles. The summed E-state index contributed by atoms with van der Waals surface area (Å²) in [6, 6.07) is 3.31. The van der Waals surface area contributed by atoms with Gasteiger partial charge in [0.15, 0.2) is 6.61 Å². The predicted octanol–water partition coefficient (Wildman–Crippen LogP) is 2.46. The molecule has 6 nitrogen and oxygen atoms in total. The quantitative estimate of drug-likeness (QED) is 0.639. The molecule has 124 valence electrons. The van der Waals surface area contributed by atoms with Crippen LogP contribution in [0.5, 0.6) is 0 Å². The Morgan fingerprint density at radius 3 is 2.74 bits per heavy atom. The largest absolute Gasteiger partial charge is 0.452 e. The fourth-order valence-electron chi connectivity index (χ4n) is 2.35. The number of carbonyl (C=O) groups is 3. The molecule has 23 heavy (non-hydrogen) atoms. The van der Waals surface area contributed by atoms with Crippen molar-refractivity contribution in [2.45, 2.75) is 38.1 Å². The summed E-state index contributed by atoms with van der Waals surface area (Å²) in [7, 11) is 0. The van der Waals surface area contributed by atoms with Crippen LogP contribution in [0.3, 0.4) is 0 Å². The minimum absolute atomic E-state index is 0.118. The van der Waals surface area contributed by atoms with Crippen molar-refractivity contribution in [1.29, 1.82) is 0 Å². The Balaban J connectivity index is 1.63. The minimum Gasteiger partial charge on any atom is -0.452 e. The second-order valence-corrected chi connectivity index (χ2v) is 6.29. The normalized spacial score (nSPS) is 15.3. The van der Waals surface area contributed by atoms with E-state index in [9.17, 15) is 14.4 Å². The van der Waals surface area contributed by atoms with E-state index in [1.54, 1.807) is 6.08 Å². The van der Waals surface area contributed by atoms with Gasteiger partial charge in [-0.2, -0.15) is 0 Å². The first kappa shape index (κ1) is 17.2. The fourth-order valence-corrected chi connectivity index (χ4v) is 2.97. The molecule has 0 bridgehead atoms. The molecule has 1 aromatic heterocycles. The van der Waals surface area contributed by atoms with E-state index in [4.69, 9.17) is 4.74 Å². The van der Waals surface area contributed by atoms with Crippen molar-refractivity contribution in [2.24, 2.45) is 0 Å². The van der Waals surface area contributed by atoms with Crippen LogP contribution in [0.4, 0.5) is 4.79 Å². The van der Waals surface area contributed by atoms with Gasteiger partial charge in [0.25, 0.3) is 5.91 Å². The highest BCUT2D eigenvalue weighted by Gasteiger charge is 2.17. The first-order valence-electron chi connectivity index (χ1n) is 7.62. The number of hydrogen-bond donors (Lipinski definition) is 2. The van der Waals surface area contributed by atoms with Crippen LogP contribution < -0.4 is 10.6 Å². The highest BCUT2D eigenvalue weighted by atomic mass is 32.1. The fraction of sp³-hybridized carbons (Fsp3) is 0.438. The van der Waals surface area contributed by atoms with E-state index in [-0.39, 0.29) is 6.04 Å². The number of nitrogens with one attached hydrogen (secondary N) is 2. The summed E-state index contributed by atoms with van der Waals surface area (Å²) in [6.07, 6.45) is 8.10. The smallest absolute Gasteiger partial charge is 0.331 e. The Kier molecular flexibility index (Phi) is 6.80. The maximum Gasteiger partial charge on any atom is 0.331 e. The Bertz CT molecular complexity index is 563. The molecule has 0 spiro atoms. The highest BCUT2D eigenvalue weighted by Crippen LogP contribution is 2.17. The third-order valence-corrected chi connectivity index (χ3v) is 4.30. The third kappa shape index (κ3) is 6.65. The summed E-state index contributed by atoms with van der Waals surface area (Å²) in [5.74, 6) is -1.27. The first-order chi connectivity index (χ1) is 11.1. The molecule has 0 aromatic carbocycles.